The molecule has 0 aliphatic rings. The number of nitrogens with one attached hydrogen (secondary N) is 1. The van der Waals surface area contributed by atoms with Crippen LogP contribution in [-0.2, 0) is 11.3 Å². The van der Waals surface area contributed by atoms with E-state index in [2.05, 4.69) is 10.1 Å². The molecule has 0 aliphatic heterocycles. The van der Waals surface area contributed by atoms with Crippen molar-refractivity contribution >= 4 is 18.3 Å². The lowest BCUT2D eigenvalue weighted by atomic mass is 10.1. The topological polar surface area (TPSA) is 64.4 Å². The third-order valence-electron chi connectivity index (χ3n) is 2.57. The molecule has 0 fully saturated rings. The van der Waals surface area contributed by atoms with Gasteiger partial charge in [0.05, 0.1) is 0 Å². The van der Waals surface area contributed by atoms with Crippen molar-refractivity contribution in [2.45, 2.75) is 19.6 Å². The quantitative estimate of drug-likeness (QED) is 0.843. The number of ether oxygens (including phenoxy) is 1. The van der Waals surface area contributed by atoms with Gasteiger partial charge >= 0.3 is 6.18 Å². The van der Waals surface area contributed by atoms with E-state index in [1.54, 1.807) is 19.1 Å². The van der Waals surface area contributed by atoms with Crippen molar-refractivity contribution in [2.75, 3.05) is 13.2 Å². The Labute approximate surface area is 127 Å². The highest BCUT2D eigenvalue weighted by molar-refractivity contribution is 5.85. The van der Waals surface area contributed by atoms with Crippen molar-refractivity contribution in [3.05, 3.63) is 29.8 Å². The Morgan fingerprint density at radius 3 is 2.67 bits per heavy atom. The zero-order valence-corrected chi connectivity index (χ0v) is 12.3. The van der Waals surface area contributed by atoms with Crippen LogP contribution in [0.25, 0.3) is 0 Å². The number of alkyl halides is 3. The van der Waals surface area contributed by atoms with Gasteiger partial charge in [-0.25, -0.2) is 0 Å². The number of hydrogen-bond donors (Lipinski definition) is 2. The molecule has 0 aliphatic carbocycles. The van der Waals surface area contributed by atoms with E-state index in [0.717, 1.165) is 0 Å². The second kappa shape index (κ2) is 8.74. The standard InChI is InChI=1S/C13H17F3N2O2.ClH/c1-9(6-17)12(19)18-7-10-3-2-4-11(5-10)20-8-13(14,15)16;/h2-5,9H,6-8,17H2,1H3,(H,18,19);1H. The molecule has 0 saturated heterocycles. The maximum Gasteiger partial charge on any atom is 0.422 e. The number of benzene rings is 1. The van der Waals surface area contributed by atoms with Crippen LogP contribution in [0.5, 0.6) is 5.75 Å². The van der Waals surface area contributed by atoms with Gasteiger partial charge in [0, 0.05) is 19.0 Å². The van der Waals surface area contributed by atoms with Crippen LogP contribution in [0.2, 0.25) is 0 Å². The minimum atomic E-state index is -4.37. The molecule has 1 amide bonds. The minimum Gasteiger partial charge on any atom is -0.484 e. The highest BCUT2D eigenvalue weighted by atomic mass is 35.5. The summed E-state index contributed by atoms with van der Waals surface area (Å²) in [7, 11) is 0. The summed E-state index contributed by atoms with van der Waals surface area (Å²) < 4.78 is 40.7. The molecule has 1 unspecified atom stereocenters. The van der Waals surface area contributed by atoms with Crippen molar-refractivity contribution in [1.82, 2.24) is 5.32 Å². The molecule has 1 rings (SSSR count). The molecule has 4 nitrogen and oxygen atoms in total. The number of nitrogens with two attached hydrogens (primary N) is 1. The average molecular weight is 327 g/mol. The van der Waals surface area contributed by atoms with E-state index in [-0.39, 0.29) is 43.1 Å². The first-order valence-corrected chi connectivity index (χ1v) is 6.08. The predicted octanol–water partition coefficient (Wildman–Crippen LogP) is 2.26. The van der Waals surface area contributed by atoms with Gasteiger partial charge in [-0.3, -0.25) is 4.79 Å². The first-order valence-electron chi connectivity index (χ1n) is 6.08. The Morgan fingerprint density at radius 2 is 2.10 bits per heavy atom. The van der Waals surface area contributed by atoms with E-state index >= 15 is 0 Å². The number of hydrogen-bond acceptors (Lipinski definition) is 3. The molecule has 0 spiro atoms. The third kappa shape index (κ3) is 7.77. The van der Waals surface area contributed by atoms with Crippen molar-refractivity contribution in [3.8, 4) is 5.75 Å². The largest absolute Gasteiger partial charge is 0.484 e. The molecule has 0 bridgehead atoms. The summed E-state index contributed by atoms with van der Waals surface area (Å²) in [6.07, 6.45) is -4.37. The van der Waals surface area contributed by atoms with Crippen LogP contribution in [0.3, 0.4) is 0 Å². The van der Waals surface area contributed by atoms with Crippen LogP contribution in [0.15, 0.2) is 24.3 Å². The fourth-order valence-electron chi connectivity index (χ4n) is 1.38. The predicted molar refractivity (Wildman–Crippen MR) is 75.3 cm³/mol. The first-order chi connectivity index (χ1) is 9.31. The van der Waals surface area contributed by atoms with E-state index in [1.807, 2.05) is 0 Å². The molecule has 1 atom stereocenters. The summed E-state index contributed by atoms with van der Waals surface area (Å²) in [5.41, 5.74) is 6.01. The third-order valence-corrected chi connectivity index (χ3v) is 2.57. The lowest BCUT2D eigenvalue weighted by Gasteiger charge is -2.12. The monoisotopic (exact) mass is 326 g/mol. The second-order valence-corrected chi connectivity index (χ2v) is 4.41. The average Bonchev–Trinajstić information content (AvgIpc) is 2.41. The Bertz CT molecular complexity index is 455. The van der Waals surface area contributed by atoms with E-state index in [0.29, 0.717) is 5.56 Å². The van der Waals surface area contributed by atoms with Crippen LogP contribution in [0, 0.1) is 5.92 Å². The fourth-order valence-corrected chi connectivity index (χ4v) is 1.38. The summed E-state index contributed by atoms with van der Waals surface area (Å²) >= 11 is 0. The van der Waals surface area contributed by atoms with Gasteiger partial charge in [0.1, 0.15) is 5.75 Å². The lowest BCUT2D eigenvalue weighted by Crippen LogP contribution is -2.32. The molecule has 1 aromatic rings. The van der Waals surface area contributed by atoms with Gasteiger partial charge in [-0.15, -0.1) is 12.4 Å². The number of carbonyl (C=O) groups excluding carboxylic acids is 1. The second-order valence-electron chi connectivity index (χ2n) is 4.41. The molecule has 1 aromatic carbocycles. The van der Waals surface area contributed by atoms with Crippen molar-refractivity contribution in [2.24, 2.45) is 11.7 Å². The highest BCUT2D eigenvalue weighted by Crippen LogP contribution is 2.19. The Morgan fingerprint density at radius 1 is 1.43 bits per heavy atom. The van der Waals surface area contributed by atoms with Crippen LogP contribution in [0.4, 0.5) is 13.2 Å². The highest BCUT2D eigenvalue weighted by Gasteiger charge is 2.28. The maximum absolute atomic E-state index is 12.0. The minimum absolute atomic E-state index is 0. The first kappa shape index (κ1) is 19.5. The lowest BCUT2D eigenvalue weighted by molar-refractivity contribution is -0.153. The van der Waals surface area contributed by atoms with Gasteiger partial charge in [0.15, 0.2) is 6.61 Å². The van der Waals surface area contributed by atoms with Crippen molar-refractivity contribution < 1.29 is 22.7 Å². The van der Waals surface area contributed by atoms with E-state index in [9.17, 15) is 18.0 Å². The molecule has 0 aromatic heterocycles. The number of carbonyl (C=O) groups is 1. The summed E-state index contributed by atoms with van der Waals surface area (Å²) in [5.74, 6) is -0.394. The van der Waals surface area contributed by atoms with Gasteiger partial charge in [-0.05, 0) is 17.7 Å². The van der Waals surface area contributed by atoms with E-state index in [1.165, 1.54) is 12.1 Å². The summed E-state index contributed by atoms with van der Waals surface area (Å²) in [4.78, 5) is 11.5. The van der Waals surface area contributed by atoms with Gasteiger partial charge < -0.3 is 15.8 Å². The van der Waals surface area contributed by atoms with Crippen LogP contribution >= 0.6 is 12.4 Å². The Hall–Kier alpha value is -1.47. The molecule has 8 heteroatoms. The van der Waals surface area contributed by atoms with Gasteiger partial charge in [-0.1, -0.05) is 19.1 Å². The Balaban J connectivity index is 0.00000400. The van der Waals surface area contributed by atoms with Crippen molar-refractivity contribution in [1.29, 1.82) is 0 Å². The van der Waals surface area contributed by atoms with Gasteiger partial charge in [0.25, 0.3) is 0 Å². The molecule has 21 heavy (non-hydrogen) atoms. The van der Waals surface area contributed by atoms with Crippen LogP contribution < -0.4 is 15.8 Å². The molecule has 0 heterocycles. The van der Waals surface area contributed by atoms with Gasteiger partial charge in [-0.2, -0.15) is 13.2 Å². The number of halogens is 4. The zero-order valence-electron chi connectivity index (χ0n) is 11.4. The SMILES string of the molecule is CC(CN)C(=O)NCc1cccc(OCC(F)(F)F)c1.Cl. The van der Waals surface area contributed by atoms with E-state index in [4.69, 9.17) is 5.73 Å². The van der Waals surface area contributed by atoms with Crippen LogP contribution in [0.1, 0.15) is 12.5 Å². The normalized spacial score (nSPS) is 12.2. The van der Waals surface area contributed by atoms with E-state index < -0.39 is 12.8 Å². The molecular formula is C13H18ClF3N2O2. The number of rotatable bonds is 6. The summed E-state index contributed by atoms with van der Waals surface area (Å²) in [5, 5.41) is 2.65. The van der Waals surface area contributed by atoms with Crippen LogP contribution in [-0.4, -0.2) is 25.2 Å². The zero-order chi connectivity index (χ0) is 15.2. The smallest absolute Gasteiger partial charge is 0.422 e. The van der Waals surface area contributed by atoms with Gasteiger partial charge in [0.2, 0.25) is 5.91 Å². The summed E-state index contributed by atoms with van der Waals surface area (Å²) in [6, 6.07) is 6.14. The molecular weight excluding hydrogens is 309 g/mol. The molecule has 0 saturated carbocycles. The molecule has 3 N–H and O–H groups in total. The Kier molecular flexibility index (Phi) is 8.12. The number of amides is 1. The molecule has 0 radical (unpaired) electrons. The maximum atomic E-state index is 12.0. The fraction of sp³-hybridized carbons (Fsp3) is 0.462. The van der Waals surface area contributed by atoms with Crippen molar-refractivity contribution in [3.63, 3.8) is 0 Å². The summed E-state index contributed by atoms with van der Waals surface area (Å²) in [6.45, 7) is 0.804. The molecule has 120 valence electrons.